The summed E-state index contributed by atoms with van der Waals surface area (Å²) < 4.78 is 15.7. The molecule has 0 bridgehead atoms. The lowest BCUT2D eigenvalue weighted by Gasteiger charge is -2.29. The van der Waals surface area contributed by atoms with Crippen LogP contribution in [-0.4, -0.2) is 35.0 Å². The monoisotopic (exact) mass is 405 g/mol. The summed E-state index contributed by atoms with van der Waals surface area (Å²) in [5, 5.41) is 3.04. The van der Waals surface area contributed by atoms with E-state index in [0.717, 1.165) is 46.1 Å². The number of urea groups is 1. The summed E-state index contributed by atoms with van der Waals surface area (Å²) in [5.74, 6) is -0.202. The fourth-order valence-corrected chi connectivity index (χ4v) is 4.30. The van der Waals surface area contributed by atoms with Crippen LogP contribution in [0.1, 0.15) is 43.4 Å². The van der Waals surface area contributed by atoms with Crippen LogP contribution in [0.2, 0.25) is 0 Å². The highest BCUT2D eigenvalue weighted by Gasteiger charge is 2.29. The number of fused-ring (bicyclic) bond motifs is 1. The number of nitrogens with one attached hydrogen (secondary N) is 1. The molecule has 2 heterocycles. The fourth-order valence-electron chi connectivity index (χ4n) is 3.97. The number of hydrogen-bond donors (Lipinski definition) is 1. The highest BCUT2D eigenvalue weighted by atomic mass is 79.9. The molecule has 25 heavy (non-hydrogen) atoms. The normalized spacial score (nSPS) is 20.7. The number of rotatable bonds is 2. The predicted octanol–water partition coefficient (Wildman–Crippen LogP) is 4.37. The second-order valence-electron chi connectivity index (χ2n) is 6.96. The topological polar surface area (TPSA) is 45.2 Å². The Morgan fingerprint density at radius 1 is 1.36 bits per heavy atom. The van der Waals surface area contributed by atoms with Crippen LogP contribution >= 0.6 is 15.9 Å². The van der Waals surface area contributed by atoms with Gasteiger partial charge < -0.3 is 10.2 Å². The number of carbonyl (C=O) groups is 1. The van der Waals surface area contributed by atoms with Gasteiger partial charge in [-0.3, -0.25) is 4.98 Å². The van der Waals surface area contributed by atoms with Crippen molar-refractivity contribution in [3.8, 4) is 0 Å². The maximum absolute atomic E-state index is 14.8. The molecule has 6 heteroatoms. The average molecular weight is 406 g/mol. The number of hydrogen-bond acceptors (Lipinski definition) is 2. The molecule has 0 unspecified atom stereocenters. The second kappa shape index (κ2) is 6.90. The number of carbonyl (C=O) groups excluding carboxylic acids is 1. The van der Waals surface area contributed by atoms with Gasteiger partial charge in [0, 0.05) is 35.2 Å². The Bertz CT molecular complexity index is 768. The van der Waals surface area contributed by atoms with E-state index in [0.29, 0.717) is 13.0 Å². The molecule has 0 atom stereocenters. The third-order valence-electron chi connectivity index (χ3n) is 5.31. The molecule has 4 rings (SSSR count). The van der Waals surface area contributed by atoms with E-state index in [1.807, 2.05) is 12.1 Å². The Kier molecular flexibility index (Phi) is 4.63. The van der Waals surface area contributed by atoms with Gasteiger partial charge in [-0.15, -0.1) is 0 Å². The van der Waals surface area contributed by atoms with Gasteiger partial charge in [-0.05, 0) is 52.4 Å². The first-order valence-corrected chi connectivity index (χ1v) is 9.69. The second-order valence-corrected chi connectivity index (χ2v) is 7.87. The number of halogens is 2. The Labute approximate surface area is 155 Å². The first-order valence-electron chi connectivity index (χ1n) is 8.90. The fraction of sp³-hybridized carbons (Fsp3) is 0.474. The van der Waals surface area contributed by atoms with E-state index in [1.54, 1.807) is 11.1 Å². The first-order chi connectivity index (χ1) is 12.1. The molecule has 1 fully saturated rings. The average Bonchev–Trinajstić information content (AvgIpc) is 3.24. The summed E-state index contributed by atoms with van der Waals surface area (Å²) in [4.78, 5) is 18.4. The SMILES string of the molecule is O=C(NC1CCCC1)N1CCC(C2=CCc3ncc(Br)cc32)=C(F)C1. The van der Waals surface area contributed by atoms with Gasteiger partial charge in [-0.1, -0.05) is 18.9 Å². The predicted molar refractivity (Wildman–Crippen MR) is 98.7 cm³/mol. The van der Waals surface area contributed by atoms with Gasteiger partial charge in [-0.2, -0.15) is 0 Å². The van der Waals surface area contributed by atoms with Crippen molar-refractivity contribution in [2.45, 2.75) is 44.6 Å². The lowest BCUT2D eigenvalue weighted by atomic mass is 9.95. The van der Waals surface area contributed by atoms with Gasteiger partial charge in [0.1, 0.15) is 5.83 Å². The Balaban J connectivity index is 1.48. The molecule has 2 aliphatic carbocycles. The molecule has 0 spiro atoms. The van der Waals surface area contributed by atoms with E-state index in [1.165, 1.54) is 12.8 Å². The summed E-state index contributed by atoms with van der Waals surface area (Å²) >= 11 is 3.44. The Hall–Kier alpha value is -1.69. The molecule has 2 amide bonds. The van der Waals surface area contributed by atoms with Crippen LogP contribution in [0.15, 0.2) is 34.2 Å². The minimum absolute atomic E-state index is 0.0575. The molecular formula is C19H21BrFN3O. The van der Waals surface area contributed by atoms with Gasteiger partial charge >= 0.3 is 6.03 Å². The molecule has 3 aliphatic rings. The zero-order valence-electron chi connectivity index (χ0n) is 14.0. The molecule has 1 N–H and O–H groups in total. The van der Waals surface area contributed by atoms with Crippen molar-refractivity contribution in [1.29, 1.82) is 0 Å². The Morgan fingerprint density at radius 2 is 2.16 bits per heavy atom. The van der Waals surface area contributed by atoms with Crippen molar-refractivity contribution < 1.29 is 9.18 Å². The van der Waals surface area contributed by atoms with Crippen molar-refractivity contribution >= 4 is 27.5 Å². The van der Waals surface area contributed by atoms with Crippen molar-refractivity contribution in [2.75, 3.05) is 13.1 Å². The molecule has 132 valence electrons. The number of nitrogens with zero attached hydrogens (tertiary/aromatic N) is 2. The highest BCUT2D eigenvalue weighted by molar-refractivity contribution is 9.10. The maximum atomic E-state index is 14.8. The van der Waals surface area contributed by atoms with Crippen LogP contribution in [0.5, 0.6) is 0 Å². The van der Waals surface area contributed by atoms with Crippen LogP contribution in [-0.2, 0) is 6.42 Å². The minimum atomic E-state index is -0.202. The van der Waals surface area contributed by atoms with Gasteiger partial charge in [-0.25, -0.2) is 9.18 Å². The standard InChI is InChI=1S/C19H21BrFN3O/c20-12-9-16-14(5-6-18(16)22-10-12)15-7-8-24(11-17(15)21)19(25)23-13-3-1-2-4-13/h5,9-10,13H,1-4,6-8,11H2,(H,23,25). The van der Waals surface area contributed by atoms with Crippen molar-refractivity contribution in [3.63, 3.8) is 0 Å². The van der Waals surface area contributed by atoms with E-state index >= 15 is 0 Å². The number of pyridine rings is 1. The molecule has 1 aliphatic heterocycles. The van der Waals surface area contributed by atoms with Crippen LogP contribution in [0.4, 0.5) is 9.18 Å². The van der Waals surface area contributed by atoms with Gasteiger partial charge in [0.05, 0.1) is 12.2 Å². The lowest BCUT2D eigenvalue weighted by Crippen LogP contribution is -2.46. The van der Waals surface area contributed by atoms with Crippen LogP contribution in [0.25, 0.3) is 5.57 Å². The molecule has 0 saturated heterocycles. The molecule has 1 aromatic heterocycles. The van der Waals surface area contributed by atoms with E-state index in [-0.39, 0.29) is 24.4 Å². The number of amides is 2. The third-order valence-corrected chi connectivity index (χ3v) is 5.74. The molecule has 1 saturated carbocycles. The molecule has 0 radical (unpaired) electrons. The zero-order valence-corrected chi connectivity index (χ0v) is 15.6. The summed E-state index contributed by atoms with van der Waals surface area (Å²) in [6, 6.07) is 2.13. The molecule has 4 nitrogen and oxygen atoms in total. The number of aromatic nitrogens is 1. The van der Waals surface area contributed by atoms with E-state index in [4.69, 9.17) is 0 Å². The lowest BCUT2D eigenvalue weighted by molar-refractivity contribution is 0.192. The number of allylic oxidation sites excluding steroid dienone is 2. The summed E-state index contributed by atoms with van der Waals surface area (Å²) in [7, 11) is 0. The van der Waals surface area contributed by atoms with E-state index in [9.17, 15) is 9.18 Å². The minimum Gasteiger partial charge on any atom is -0.335 e. The smallest absolute Gasteiger partial charge is 0.318 e. The van der Waals surface area contributed by atoms with E-state index in [2.05, 4.69) is 26.2 Å². The zero-order chi connectivity index (χ0) is 17.4. The van der Waals surface area contributed by atoms with Crippen molar-refractivity contribution in [1.82, 2.24) is 15.2 Å². The third kappa shape index (κ3) is 3.36. The van der Waals surface area contributed by atoms with Crippen LogP contribution in [0, 0.1) is 0 Å². The quantitative estimate of drug-likeness (QED) is 0.793. The van der Waals surface area contributed by atoms with Crippen molar-refractivity contribution in [3.05, 3.63) is 45.5 Å². The van der Waals surface area contributed by atoms with E-state index < -0.39 is 0 Å². The van der Waals surface area contributed by atoms with Gasteiger partial charge in [0.25, 0.3) is 0 Å². The summed E-state index contributed by atoms with van der Waals surface area (Å²) in [5.41, 5.74) is 3.66. The summed E-state index contributed by atoms with van der Waals surface area (Å²) in [6.07, 6.45) is 9.51. The molecule has 0 aromatic carbocycles. The maximum Gasteiger partial charge on any atom is 0.318 e. The van der Waals surface area contributed by atoms with Crippen molar-refractivity contribution in [2.24, 2.45) is 0 Å². The Morgan fingerprint density at radius 3 is 2.92 bits per heavy atom. The van der Waals surface area contributed by atoms with Gasteiger partial charge in [0.2, 0.25) is 0 Å². The molecule has 1 aromatic rings. The molecular weight excluding hydrogens is 385 g/mol. The van der Waals surface area contributed by atoms with Crippen LogP contribution < -0.4 is 5.32 Å². The largest absolute Gasteiger partial charge is 0.335 e. The highest BCUT2D eigenvalue weighted by Crippen LogP contribution is 2.38. The van der Waals surface area contributed by atoms with Gasteiger partial charge in [0.15, 0.2) is 0 Å². The summed E-state index contributed by atoms with van der Waals surface area (Å²) in [6.45, 7) is 0.609. The van der Waals surface area contributed by atoms with Crippen LogP contribution in [0.3, 0.4) is 0 Å². The first kappa shape index (κ1) is 16.8.